The molecule has 4 rings (SSSR count). The van der Waals surface area contributed by atoms with Gasteiger partial charge in [0.1, 0.15) is 36.2 Å². The largest absolute Gasteiger partial charge is 0.491 e. The van der Waals surface area contributed by atoms with Crippen LogP contribution in [-0.2, 0) is 17.9 Å². The van der Waals surface area contributed by atoms with Gasteiger partial charge in [0.2, 0.25) is 11.7 Å². The lowest BCUT2D eigenvalue weighted by Gasteiger charge is -2.19. The Labute approximate surface area is 168 Å². The Morgan fingerprint density at radius 3 is 2.97 bits per heavy atom. The van der Waals surface area contributed by atoms with Crippen molar-refractivity contribution in [3.63, 3.8) is 0 Å². The molecule has 0 saturated carbocycles. The van der Waals surface area contributed by atoms with Gasteiger partial charge in [-0.15, -0.1) is 0 Å². The maximum absolute atomic E-state index is 9.17. The van der Waals surface area contributed by atoms with Crippen molar-refractivity contribution < 1.29 is 23.5 Å². The monoisotopic (exact) mass is 400 g/mol. The van der Waals surface area contributed by atoms with Crippen LogP contribution < -0.4 is 4.74 Å². The Hall–Kier alpha value is -2.75. The van der Waals surface area contributed by atoms with Gasteiger partial charge in [-0.3, -0.25) is 9.88 Å². The maximum atomic E-state index is 9.17. The summed E-state index contributed by atoms with van der Waals surface area (Å²) in [7, 11) is 1.63. The minimum absolute atomic E-state index is 0.0278. The highest BCUT2D eigenvalue weighted by Crippen LogP contribution is 2.33. The fourth-order valence-corrected chi connectivity index (χ4v) is 3.43. The summed E-state index contributed by atoms with van der Waals surface area (Å²) in [6.07, 6.45) is 3.63. The number of likely N-dealkylation sites (tertiary alicyclic amines) is 1. The van der Waals surface area contributed by atoms with Crippen LogP contribution in [0, 0.1) is 0 Å². The quantitative estimate of drug-likeness (QED) is 0.542. The molecule has 154 valence electrons. The molecule has 0 amide bonds. The number of nitrogens with zero attached hydrogens (tertiary/aromatic N) is 4. The van der Waals surface area contributed by atoms with Crippen molar-refractivity contribution in [2.75, 3.05) is 26.9 Å². The van der Waals surface area contributed by atoms with Crippen LogP contribution >= 0.6 is 0 Å². The van der Waals surface area contributed by atoms with Crippen LogP contribution in [0.1, 0.15) is 36.3 Å². The van der Waals surface area contributed by atoms with Crippen LogP contribution in [0.25, 0.3) is 11.5 Å². The summed E-state index contributed by atoms with van der Waals surface area (Å²) in [5.74, 6) is 3.06. The number of rotatable bonds is 9. The lowest BCUT2D eigenvalue weighted by molar-refractivity contribution is 0.146. The summed E-state index contributed by atoms with van der Waals surface area (Å²) in [6, 6.07) is 7.27. The molecule has 1 aliphatic heterocycles. The van der Waals surface area contributed by atoms with Gasteiger partial charge in [0, 0.05) is 19.4 Å². The first-order valence-corrected chi connectivity index (χ1v) is 9.61. The molecule has 0 aliphatic carbocycles. The molecule has 1 saturated heterocycles. The Bertz CT molecular complexity index is 925. The van der Waals surface area contributed by atoms with E-state index in [1.807, 2.05) is 6.07 Å². The maximum Gasteiger partial charge on any atom is 0.244 e. The smallest absolute Gasteiger partial charge is 0.244 e. The first-order valence-electron chi connectivity index (χ1n) is 9.61. The van der Waals surface area contributed by atoms with Gasteiger partial charge in [-0.05, 0) is 37.6 Å². The number of furan rings is 1. The van der Waals surface area contributed by atoms with E-state index in [0.717, 1.165) is 25.1 Å². The van der Waals surface area contributed by atoms with E-state index in [4.69, 9.17) is 18.4 Å². The Kier molecular flexibility index (Phi) is 6.18. The number of pyridine rings is 1. The van der Waals surface area contributed by atoms with E-state index in [-0.39, 0.29) is 12.6 Å². The van der Waals surface area contributed by atoms with Gasteiger partial charge in [0.25, 0.3) is 0 Å². The van der Waals surface area contributed by atoms with Crippen LogP contribution in [0.3, 0.4) is 0 Å². The Morgan fingerprint density at radius 2 is 2.14 bits per heavy atom. The van der Waals surface area contributed by atoms with Gasteiger partial charge in [0.05, 0.1) is 19.2 Å². The highest BCUT2D eigenvalue weighted by molar-refractivity contribution is 5.50. The second-order valence-electron chi connectivity index (χ2n) is 6.83. The number of aliphatic hydroxyl groups excluding tert-OH is 1. The van der Waals surface area contributed by atoms with Crippen molar-refractivity contribution in [3.05, 3.63) is 47.9 Å². The van der Waals surface area contributed by atoms with E-state index in [1.165, 1.54) is 0 Å². The second kappa shape index (κ2) is 9.17. The van der Waals surface area contributed by atoms with Crippen molar-refractivity contribution >= 4 is 0 Å². The average molecular weight is 400 g/mol. The molecule has 3 aromatic rings. The van der Waals surface area contributed by atoms with Crippen LogP contribution in [0.5, 0.6) is 5.75 Å². The van der Waals surface area contributed by atoms with Gasteiger partial charge >= 0.3 is 0 Å². The summed E-state index contributed by atoms with van der Waals surface area (Å²) in [4.78, 5) is 11.2. The normalized spacial score (nSPS) is 17.1. The van der Waals surface area contributed by atoms with Gasteiger partial charge in [-0.25, -0.2) is 0 Å². The molecular weight excluding hydrogens is 376 g/mol. The van der Waals surface area contributed by atoms with Gasteiger partial charge in [-0.2, -0.15) is 4.98 Å². The molecule has 0 spiro atoms. The third-order valence-electron chi connectivity index (χ3n) is 4.84. The predicted molar refractivity (Wildman–Crippen MR) is 102 cm³/mol. The van der Waals surface area contributed by atoms with Crippen molar-refractivity contribution in [3.8, 4) is 17.3 Å². The summed E-state index contributed by atoms with van der Waals surface area (Å²) in [6.45, 7) is 2.41. The Balaban J connectivity index is 1.46. The van der Waals surface area contributed by atoms with Crippen LogP contribution in [0.2, 0.25) is 0 Å². The molecule has 29 heavy (non-hydrogen) atoms. The molecule has 0 unspecified atom stereocenters. The number of hydrogen-bond donors (Lipinski definition) is 1. The fourth-order valence-electron chi connectivity index (χ4n) is 3.43. The molecular formula is C20H24N4O5. The van der Waals surface area contributed by atoms with Crippen molar-refractivity contribution in [1.29, 1.82) is 0 Å². The summed E-state index contributed by atoms with van der Waals surface area (Å²) >= 11 is 0. The van der Waals surface area contributed by atoms with Gasteiger partial charge in [-0.1, -0.05) is 5.16 Å². The standard InChI is InChI=1S/C20H24N4O5/c1-26-9-10-27-14-6-7-21-17(11-14)19-22-20(29-23-19)18-3-2-8-24(18)12-15-4-5-16(13-25)28-15/h4-7,11,18,25H,2-3,8-10,12-13H2,1H3/t18-/m1/s1. The first-order chi connectivity index (χ1) is 14.3. The zero-order valence-corrected chi connectivity index (χ0v) is 16.3. The second-order valence-corrected chi connectivity index (χ2v) is 6.83. The SMILES string of the molecule is COCCOc1ccnc(-c2noc([C@H]3CCCN3Cc3ccc(CO)o3)n2)c1. The number of methoxy groups -OCH3 is 1. The lowest BCUT2D eigenvalue weighted by Crippen LogP contribution is -2.22. The van der Waals surface area contributed by atoms with E-state index in [9.17, 15) is 5.11 Å². The van der Waals surface area contributed by atoms with Gasteiger partial charge < -0.3 is 23.5 Å². The molecule has 1 N–H and O–H groups in total. The molecule has 1 aliphatic rings. The van der Waals surface area contributed by atoms with E-state index in [2.05, 4.69) is 20.0 Å². The van der Waals surface area contributed by atoms with Crippen molar-refractivity contribution in [2.24, 2.45) is 0 Å². The molecule has 1 fully saturated rings. The minimum Gasteiger partial charge on any atom is -0.491 e. The molecule has 9 nitrogen and oxygen atoms in total. The minimum atomic E-state index is -0.0995. The molecule has 0 bridgehead atoms. The van der Waals surface area contributed by atoms with Crippen LogP contribution in [0.15, 0.2) is 39.4 Å². The zero-order chi connectivity index (χ0) is 20.1. The Morgan fingerprint density at radius 1 is 1.24 bits per heavy atom. The average Bonchev–Trinajstić information content (AvgIpc) is 3.49. The zero-order valence-electron chi connectivity index (χ0n) is 16.3. The topological polar surface area (TPSA) is 107 Å². The van der Waals surface area contributed by atoms with Crippen molar-refractivity contribution in [2.45, 2.75) is 32.0 Å². The molecule has 0 aromatic carbocycles. The molecule has 4 heterocycles. The van der Waals surface area contributed by atoms with Crippen molar-refractivity contribution in [1.82, 2.24) is 20.0 Å². The van der Waals surface area contributed by atoms with Crippen LogP contribution in [-0.4, -0.2) is 52.0 Å². The molecule has 1 atom stereocenters. The lowest BCUT2D eigenvalue weighted by atomic mass is 10.2. The van der Waals surface area contributed by atoms with Gasteiger partial charge in [0.15, 0.2) is 0 Å². The first kappa shape index (κ1) is 19.6. The third-order valence-corrected chi connectivity index (χ3v) is 4.84. The number of aromatic nitrogens is 3. The van der Waals surface area contributed by atoms with Crippen LogP contribution in [0.4, 0.5) is 0 Å². The highest BCUT2D eigenvalue weighted by Gasteiger charge is 2.31. The van der Waals surface area contributed by atoms with E-state index < -0.39 is 0 Å². The highest BCUT2D eigenvalue weighted by atomic mass is 16.5. The third kappa shape index (κ3) is 4.64. The molecule has 0 radical (unpaired) electrons. The summed E-state index contributed by atoms with van der Waals surface area (Å²) in [5.41, 5.74) is 0.595. The number of ether oxygens (including phenoxy) is 2. The van der Waals surface area contributed by atoms with E-state index >= 15 is 0 Å². The molecule has 3 aromatic heterocycles. The predicted octanol–water partition coefficient (Wildman–Crippen LogP) is 2.58. The summed E-state index contributed by atoms with van der Waals surface area (Å²) < 4.78 is 21.8. The fraction of sp³-hybridized carbons (Fsp3) is 0.450. The van der Waals surface area contributed by atoms with E-state index in [1.54, 1.807) is 31.5 Å². The number of aliphatic hydroxyl groups is 1. The number of hydrogen-bond acceptors (Lipinski definition) is 9. The summed E-state index contributed by atoms with van der Waals surface area (Å²) in [5, 5.41) is 13.3. The van der Waals surface area contributed by atoms with E-state index in [0.29, 0.717) is 48.7 Å². The molecule has 9 heteroatoms.